The normalized spacial score (nSPS) is 19.3. The van der Waals surface area contributed by atoms with Crippen molar-refractivity contribution in [2.24, 2.45) is 5.92 Å². The molecule has 33 heavy (non-hydrogen) atoms. The molecule has 2 aromatic rings. The van der Waals surface area contributed by atoms with Gasteiger partial charge in [0.2, 0.25) is 0 Å². The van der Waals surface area contributed by atoms with E-state index in [1.165, 1.54) is 27.1 Å². The molecule has 0 unspecified atom stereocenters. The lowest BCUT2D eigenvalue weighted by Crippen LogP contribution is -2.38. The van der Waals surface area contributed by atoms with E-state index in [1.54, 1.807) is 36.4 Å². The SMILES string of the molecule is COc1cc(/C=C2/CN(CC3CC3)C/C(=C\c3cc(Cl)c(O)c(OC)c3)C2=O)cc(Cl)c1O. The molecule has 0 amide bonds. The average molecular weight is 490 g/mol. The zero-order valence-corrected chi connectivity index (χ0v) is 19.9. The molecular formula is C25H25Cl2NO5. The molecule has 2 aromatic carbocycles. The smallest absolute Gasteiger partial charge is 0.187 e. The van der Waals surface area contributed by atoms with Crippen LogP contribution in [0.1, 0.15) is 24.0 Å². The van der Waals surface area contributed by atoms with E-state index in [9.17, 15) is 15.0 Å². The van der Waals surface area contributed by atoms with Gasteiger partial charge in [-0.3, -0.25) is 9.69 Å². The van der Waals surface area contributed by atoms with Gasteiger partial charge in [0, 0.05) is 30.8 Å². The third-order valence-electron chi connectivity index (χ3n) is 5.81. The number of ether oxygens (including phenoxy) is 2. The van der Waals surface area contributed by atoms with E-state index >= 15 is 0 Å². The zero-order chi connectivity index (χ0) is 23.7. The molecule has 0 spiro atoms. The Morgan fingerprint density at radius 2 is 1.36 bits per heavy atom. The Labute approximate surface area is 202 Å². The molecule has 0 aromatic heterocycles. The second kappa shape index (κ2) is 9.67. The highest BCUT2D eigenvalue weighted by molar-refractivity contribution is 6.32. The summed E-state index contributed by atoms with van der Waals surface area (Å²) in [5.74, 6) is 0.805. The third-order valence-corrected chi connectivity index (χ3v) is 6.38. The van der Waals surface area contributed by atoms with Gasteiger partial charge in [0.25, 0.3) is 0 Å². The number of Topliss-reactive ketones (excluding diaryl/α,β-unsaturated/α-hetero) is 1. The molecule has 0 bridgehead atoms. The molecule has 0 radical (unpaired) electrons. The summed E-state index contributed by atoms with van der Waals surface area (Å²) in [5, 5.41) is 20.3. The van der Waals surface area contributed by atoms with Crippen molar-refractivity contribution in [3.8, 4) is 23.0 Å². The number of nitrogens with zero attached hydrogens (tertiary/aromatic N) is 1. The van der Waals surface area contributed by atoms with Crippen LogP contribution in [-0.2, 0) is 4.79 Å². The number of aromatic hydroxyl groups is 2. The molecule has 1 aliphatic heterocycles. The van der Waals surface area contributed by atoms with Crippen LogP contribution in [0.4, 0.5) is 0 Å². The number of rotatable bonds is 6. The van der Waals surface area contributed by atoms with Crippen LogP contribution in [-0.4, -0.2) is 54.8 Å². The Bertz CT molecular complexity index is 1070. The highest BCUT2D eigenvalue weighted by Crippen LogP contribution is 2.38. The summed E-state index contributed by atoms with van der Waals surface area (Å²) in [6.45, 7) is 1.96. The van der Waals surface area contributed by atoms with Gasteiger partial charge >= 0.3 is 0 Å². The number of likely N-dealkylation sites (tertiary alicyclic amines) is 1. The lowest BCUT2D eigenvalue weighted by atomic mass is 9.94. The van der Waals surface area contributed by atoms with Crippen LogP contribution >= 0.6 is 23.2 Å². The topological polar surface area (TPSA) is 79.2 Å². The number of phenolic OH excluding ortho intramolecular Hbond substituents is 2. The minimum atomic E-state index is -0.134. The van der Waals surface area contributed by atoms with E-state index in [2.05, 4.69) is 4.90 Å². The van der Waals surface area contributed by atoms with Crippen molar-refractivity contribution in [1.82, 2.24) is 4.90 Å². The average Bonchev–Trinajstić information content (AvgIpc) is 3.60. The fourth-order valence-electron chi connectivity index (χ4n) is 3.97. The summed E-state index contributed by atoms with van der Waals surface area (Å²) in [4.78, 5) is 15.7. The number of carbonyl (C=O) groups excluding carboxylic acids is 1. The molecule has 0 atom stereocenters. The first-order valence-electron chi connectivity index (χ1n) is 10.6. The molecule has 1 aliphatic carbocycles. The summed E-state index contributed by atoms with van der Waals surface area (Å²) in [7, 11) is 2.90. The van der Waals surface area contributed by atoms with Gasteiger partial charge in [-0.1, -0.05) is 23.2 Å². The largest absolute Gasteiger partial charge is 0.503 e. The lowest BCUT2D eigenvalue weighted by Gasteiger charge is -2.30. The first-order valence-corrected chi connectivity index (χ1v) is 11.4. The highest BCUT2D eigenvalue weighted by Gasteiger charge is 2.31. The first-order chi connectivity index (χ1) is 15.8. The lowest BCUT2D eigenvalue weighted by molar-refractivity contribution is -0.113. The molecule has 2 aliphatic rings. The molecule has 8 heteroatoms. The number of halogens is 2. The number of benzene rings is 2. The van der Waals surface area contributed by atoms with Gasteiger partial charge in [0.05, 0.1) is 24.3 Å². The Morgan fingerprint density at radius 1 is 0.909 bits per heavy atom. The van der Waals surface area contributed by atoms with Crippen LogP contribution in [0.3, 0.4) is 0 Å². The minimum Gasteiger partial charge on any atom is -0.503 e. The van der Waals surface area contributed by atoms with Gasteiger partial charge in [-0.2, -0.15) is 0 Å². The summed E-state index contributed by atoms with van der Waals surface area (Å²) in [6, 6.07) is 6.51. The van der Waals surface area contributed by atoms with Crippen LogP contribution in [0, 0.1) is 5.92 Å². The van der Waals surface area contributed by atoms with Gasteiger partial charge < -0.3 is 19.7 Å². The van der Waals surface area contributed by atoms with E-state index in [4.69, 9.17) is 32.7 Å². The van der Waals surface area contributed by atoms with E-state index in [-0.39, 0.29) is 38.8 Å². The fourth-order valence-corrected chi connectivity index (χ4v) is 4.41. The number of carbonyl (C=O) groups is 1. The zero-order valence-electron chi connectivity index (χ0n) is 18.4. The number of phenols is 2. The Morgan fingerprint density at radius 3 is 1.76 bits per heavy atom. The molecule has 1 saturated carbocycles. The van der Waals surface area contributed by atoms with Crippen LogP contribution in [0.15, 0.2) is 35.4 Å². The molecule has 4 rings (SSSR count). The van der Waals surface area contributed by atoms with Crippen molar-refractivity contribution in [3.05, 3.63) is 56.6 Å². The first kappa shape index (κ1) is 23.5. The summed E-state index contributed by atoms with van der Waals surface area (Å²) < 4.78 is 10.4. The third kappa shape index (κ3) is 5.29. The van der Waals surface area contributed by atoms with E-state index in [0.717, 1.165) is 6.54 Å². The van der Waals surface area contributed by atoms with Crippen LogP contribution in [0.5, 0.6) is 23.0 Å². The molecule has 174 valence electrons. The molecule has 2 fully saturated rings. The van der Waals surface area contributed by atoms with E-state index in [1.807, 2.05) is 0 Å². The monoisotopic (exact) mass is 489 g/mol. The summed E-state index contributed by atoms with van der Waals surface area (Å²) in [5.41, 5.74) is 2.57. The van der Waals surface area contributed by atoms with Gasteiger partial charge in [-0.25, -0.2) is 0 Å². The van der Waals surface area contributed by atoms with Crippen molar-refractivity contribution < 1.29 is 24.5 Å². The van der Waals surface area contributed by atoms with Gasteiger partial charge in [-0.05, 0) is 66.3 Å². The van der Waals surface area contributed by atoms with Gasteiger partial charge in [-0.15, -0.1) is 0 Å². The fraction of sp³-hybridized carbons (Fsp3) is 0.320. The minimum absolute atomic E-state index is 0.0756. The maximum Gasteiger partial charge on any atom is 0.187 e. The van der Waals surface area contributed by atoms with E-state index < -0.39 is 0 Å². The Balaban J connectivity index is 1.72. The van der Waals surface area contributed by atoms with Crippen molar-refractivity contribution in [1.29, 1.82) is 0 Å². The van der Waals surface area contributed by atoms with Crippen LogP contribution in [0.25, 0.3) is 12.2 Å². The standard InChI is InChI=1S/C25H25Cl2NO5/c1-32-21-9-15(7-19(26)24(21)30)5-17-12-28(11-14-3-4-14)13-18(23(17)29)6-16-8-20(27)25(31)22(10-16)33-2/h5-10,14,30-31H,3-4,11-13H2,1-2H3/b17-5-,18-6+. The summed E-state index contributed by atoms with van der Waals surface area (Å²) in [6.07, 6.45) is 5.98. The number of hydrogen-bond acceptors (Lipinski definition) is 6. The molecule has 2 N–H and O–H groups in total. The Hall–Kier alpha value is -2.67. The van der Waals surface area contributed by atoms with Crippen LogP contribution in [0.2, 0.25) is 10.0 Å². The highest BCUT2D eigenvalue weighted by atomic mass is 35.5. The van der Waals surface area contributed by atoms with Crippen LogP contribution < -0.4 is 9.47 Å². The van der Waals surface area contributed by atoms with Gasteiger partial charge in [0.1, 0.15) is 0 Å². The Kier molecular flexibility index (Phi) is 6.88. The van der Waals surface area contributed by atoms with Gasteiger partial charge in [0.15, 0.2) is 28.8 Å². The van der Waals surface area contributed by atoms with Crippen molar-refractivity contribution in [2.45, 2.75) is 12.8 Å². The number of ketones is 1. The second-order valence-corrected chi connectivity index (χ2v) is 9.20. The quantitative estimate of drug-likeness (QED) is 0.544. The number of methoxy groups -OCH3 is 2. The maximum absolute atomic E-state index is 13.4. The number of piperidine rings is 1. The number of hydrogen-bond donors (Lipinski definition) is 2. The molecule has 1 saturated heterocycles. The molecular weight excluding hydrogens is 465 g/mol. The molecule has 1 heterocycles. The predicted molar refractivity (Wildman–Crippen MR) is 129 cm³/mol. The van der Waals surface area contributed by atoms with E-state index in [0.29, 0.717) is 41.3 Å². The van der Waals surface area contributed by atoms with Crippen molar-refractivity contribution in [2.75, 3.05) is 33.9 Å². The maximum atomic E-state index is 13.4. The summed E-state index contributed by atoms with van der Waals surface area (Å²) >= 11 is 12.3. The second-order valence-electron chi connectivity index (χ2n) is 8.39. The van der Waals surface area contributed by atoms with Crippen molar-refractivity contribution >= 4 is 41.1 Å². The van der Waals surface area contributed by atoms with Crippen molar-refractivity contribution in [3.63, 3.8) is 0 Å². The molecule has 6 nitrogen and oxygen atoms in total. The predicted octanol–water partition coefficient (Wildman–Crippen LogP) is 5.18.